The predicted octanol–water partition coefficient (Wildman–Crippen LogP) is 1.70. The molecule has 0 saturated heterocycles. The normalized spacial score (nSPS) is 9.17. The van der Waals surface area contributed by atoms with E-state index in [0.717, 1.165) is 25.1 Å². The number of nitrogens with zero attached hydrogens (tertiary/aromatic N) is 1. The van der Waals surface area contributed by atoms with Crippen LogP contribution < -0.4 is 5.73 Å². The van der Waals surface area contributed by atoms with Crippen LogP contribution in [0.15, 0.2) is 18.3 Å². The molecule has 0 aliphatic heterocycles. The van der Waals surface area contributed by atoms with Gasteiger partial charge in [-0.3, -0.25) is 4.98 Å². The quantitative estimate of drug-likeness (QED) is 0.781. The highest BCUT2D eigenvalue weighted by Crippen LogP contribution is 2.01. The van der Waals surface area contributed by atoms with Crippen LogP contribution in [0.4, 0.5) is 0 Å². The van der Waals surface area contributed by atoms with Crippen molar-refractivity contribution in [2.75, 3.05) is 6.54 Å². The molecule has 0 unspecified atom stereocenters. The lowest BCUT2D eigenvalue weighted by Crippen LogP contribution is -2.00. The maximum Gasteiger partial charge on any atom is 0.0372 e. The van der Waals surface area contributed by atoms with Gasteiger partial charge in [-0.2, -0.15) is 0 Å². The minimum Gasteiger partial charge on any atom is -0.330 e. The number of hydrogen-bond acceptors (Lipinski definition) is 2. The first-order chi connectivity index (χ1) is 5.33. The molecule has 0 aromatic carbocycles. The van der Waals surface area contributed by atoms with Gasteiger partial charge in [0.1, 0.15) is 0 Å². The Morgan fingerprint density at radius 3 is 2.67 bits per heavy atom. The van der Waals surface area contributed by atoms with E-state index in [1.165, 1.54) is 5.56 Å². The van der Waals surface area contributed by atoms with E-state index in [2.05, 4.69) is 11.1 Å². The van der Waals surface area contributed by atoms with Crippen molar-refractivity contribution < 1.29 is 0 Å². The molecule has 1 rings (SSSR count). The molecule has 2 nitrogen and oxygen atoms in total. The standard InChI is InChI=1S/C9H14N2.ClH/c1-8-4-5-9(7-11-8)3-2-6-10;/h4-5,7H,2-3,6,10H2,1H3;1H. The molecule has 0 spiro atoms. The van der Waals surface area contributed by atoms with Crippen molar-refractivity contribution in [3.63, 3.8) is 0 Å². The van der Waals surface area contributed by atoms with E-state index in [1.54, 1.807) is 0 Å². The molecule has 0 bridgehead atoms. The van der Waals surface area contributed by atoms with Crippen molar-refractivity contribution >= 4 is 12.4 Å². The highest BCUT2D eigenvalue weighted by Gasteiger charge is 1.91. The summed E-state index contributed by atoms with van der Waals surface area (Å²) in [6.45, 7) is 2.75. The molecule has 68 valence electrons. The van der Waals surface area contributed by atoms with Gasteiger partial charge in [0.25, 0.3) is 0 Å². The van der Waals surface area contributed by atoms with Crippen molar-refractivity contribution in [2.45, 2.75) is 19.8 Å². The first kappa shape index (κ1) is 11.4. The zero-order chi connectivity index (χ0) is 8.10. The van der Waals surface area contributed by atoms with Gasteiger partial charge in [0, 0.05) is 11.9 Å². The van der Waals surface area contributed by atoms with Crippen molar-refractivity contribution in [3.8, 4) is 0 Å². The molecule has 0 radical (unpaired) electrons. The summed E-state index contributed by atoms with van der Waals surface area (Å²) in [5, 5.41) is 0. The molecule has 12 heavy (non-hydrogen) atoms. The highest BCUT2D eigenvalue weighted by atomic mass is 35.5. The van der Waals surface area contributed by atoms with Crippen molar-refractivity contribution in [1.82, 2.24) is 4.98 Å². The third-order valence-electron chi connectivity index (χ3n) is 1.64. The molecule has 1 aromatic heterocycles. The minimum absolute atomic E-state index is 0. The average Bonchev–Trinajstić information content (AvgIpc) is 2.04. The number of halogens is 1. The van der Waals surface area contributed by atoms with Crippen molar-refractivity contribution in [2.24, 2.45) is 5.73 Å². The Morgan fingerprint density at radius 1 is 1.42 bits per heavy atom. The molecular weight excluding hydrogens is 172 g/mol. The van der Waals surface area contributed by atoms with Gasteiger partial charge in [-0.05, 0) is 37.9 Å². The molecule has 2 N–H and O–H groups in total. The zero-order valence-electron chi connectivity index (χ0n) is 7.29. The summed E-state index contributed by atoms with van der Waals surface area (Å²) < 4.78 is 0. The smallest absolute Gasteiger partial charge is 0.0372 e. The van der Waals surface area contributed by atoms with Gasteiger partial charge in [0.15, 0.2) is 0 Å². The van der Waals surface area contributed by atoms with E-state index in [-0.39, 0.29) is 12.4 Å². The van der Waals surface area contributed by atoms with E-state index in [4.69, 9.17) is 5.73 Å². The number of hydrogen-bond donors (Lipinski definition) is 1. The van der Waals surface area contributed by atoms with Gasteiger partial charge in [-0.1, -0.05) is 6.07 Å². The fourth-order valence-electron chi connectivity index (χ4n) is 0.953. The first-order valence-electron chi connectivity index (χ1n) is 3.94. The van der Waals surface area contributed by atoms with E-state index >= 15 is 0 Å². The summed E-state index contributed by atoms with van der Waals surface area (Å²) in [6.07, 6.45) is 4.01. The van der Waals surface area contributed by atoms with Crippen LogP contribution in [0.2, 0.25) is 0 Å². The highest BCUT2D eigenvalue weighted by molar-refractivity contribution is 5.85. The summed E-state index contributed by atoms with van der Waals surface area (Å²) in [4.78, 5) is 4.19. The van der Waals surface area contributed by atoms with E-state index in [1.807, 2.05) is 19.2 Å². The Balaban J connectivity index is 0.00000121. The van der Waals surface area contributed by atoms with E-state index in [9.17, 15) is 0 Å². The Kier molecular flexibility index (Phi) is 5.68. The van der Waals surface area contributed by atoms with Gasteiger partial charge >= 0.3 is 0 Å². The first-order valence-corrected chi connectivity index (χ1v) is 3.94. The van der Waals surface area contributed by atoms with Crippen LogP contribution in [0.1, 0.15) is 17.7 Å². The van der Waals surface area contributed by atoms with Crippen LogP contribution in [-0.2, 0) is 6.42 Å². The van der Waals surface area contributed by atoms with E-state index < -0.39 is 0 Å². The molecule has 0 saturated carbocycles. The Labute approximate surface area is 79.6 Å². The second kappa shape index (κ2) is 5.98. The number of aromatic nitrogens is 1. The zero-order valence-corrected chi connectivity index (χ0v) is 8.10. The van der Waals surface area contributed by atoms with Crippen LogP contribution in [0.3, 0.4) is 0 Å². The molecule has 0 amide bonds. The summed E-state index contributed by atoms with van der Waals surface area (Å²) in [6, 6.07) is 4.14. The number of pyridine rings is 1. The van der Waals surface area contributed by atoms with Crippen molar-refractivity contribution in [1.29, 1.82) is 0 Å². The fraction of sp³-hybridized carbons (Fsp3) is 0.444. The summed E-state index contributed by atoms with van der Waals surface area (Å²) in [7, 11) is 0. The molecule has 0 aliphatic rings. The van der Waals surface area contributed by atoms with Gasteiger partial charge in [-0.25, -0.2) is 0 Å². The largest absolute Gasteiger partial charge is 0.330 e. The fourth-order valence-corrected chi connectivity index (χ4v) is 0.953. The summed E-state index contributed by atoms with van der Waals surface area (Å²) in [5.41, 5.74) is 7.74. The topological polar surface area (TPSA) is 38.9 Å². The van der Waals surface area contributed by atoms with E-state index in [0.29, 0.717) is 0 Å². The SMILES string of the molecule is Cc1ccc(CCCN)cn1.Cl. The lowest BCUT2D eigenvalue weighted by atomic mass is 10.1. The molecule has 0 aliphatic carbocycles. The Hall–Kier alpha value is -0.600. The van der Waals surface area contributed by atoms with Crippen molar-refractivity contribution in [3.05, 3.63) is 29.6 Å². The lowest BCUT2D eigenvalue weighted by molar-refractivity contribution is 0.827. The molecule has 0 atom stereocenters. The molecular formula is C9H15ClN2. The summed E-state index contributed by atoms with van der Waals surface area (Å²) in [5.74, 6) is 0. The molecule has 1 heterocycles. The Bertz CT molecular complexity index is 208. The maximum absolute atomic E-state index is 5.39. The molecule has 0 fully saturated rings. The number of aryl methyl sites for hydroxylation is 2. The lowest BCUT2D eigenvalue weighted by Gasteiger charge is -1.98. The van der Waals surface area contributed by atoms with Gasteiger partial charge < -0.3 is 5.73 Å². The third-order valence-corrected chi connectivity index (χ3v) is 1.64. The molecule has 3 heteroatoms. The van der Waals surface area contributed by atoms with Crippen LogP contribution in [0, 0.1) is 6.92 Å². The molecule has 1 aromatic rings. The van der Waals surface area contributed by atoms with Crippen LogP contribution in [0.25, 0.3) is 0 Å². The van der Waals surface area contributed by atoms with Gasteiger partial charge in [0.05, 0.1) is 0 Å². The minimum atomic E-state index is 0. The maximum atomic E-state index is 5.39. The summed E-state index contributed by atoms with van der Waals surface area (Å²) >= 11 is 0. The van der Waals surface area contributed by atoms with Crippen LogP contribution >= 0.6 is 12.4 Å². The predicted molar refractivity (Wildman–Crippen MR) is 53.6 cm³/mol. The van der Waals surface area contributed by atoms with Crippen LogP contribution in [-0.4, -0.2) is 11.5 Å². The van der Waals surface area contributed by atoms with Crippen LogP contribution in [0.5, 0.6) is 0 Å². The third kappa shape index (κ3) is 3.69. The van der Waals surface area contributed by atoms with Gasteiger partial charge in [0.2, 0.25) is 0 Å². The number of rotatable bonds is 3. The average molecular weight is 187 g/mol. The monoisotopic (exact) mass is 186 g/mol. The number of nitrogens with two attached hydrogens (primary N) is 1. The van der Waals surface area contributed by atoms with Gasteiger partial charge in [-0.15, -0.1) is 12.4 Å². The second-order valence-electron chi connectivity index (χ2n) is 2.70. The second-order valence-corrected chi connectivity index (χ2v) is 2.70. The Morgan fingerprint density at radius 2 is 2.17 bits per heavy atom.